The molecule has 0 N–H and O–H groups in total. The Hall–Kier alpha value is -0.780. The van der Waals surface area contributed by atoms with Crippen molar-refractivity contribution in [2.75, 3.05) is 0 Å². The highest BCUT2D eigenvalue weighted by atomic mass is 14.1. The van der Waals surface area contributed by atoms with Crippen molar-refractivity contribution in [3.8, 4) is 0 Å². The first-order valence-corrected chi connectivity index (χ1v) is 5.15. The number of aryl methyl sites for hydroxylation is 2. The molecule has 0 aliphatic heterocycles. The van der Waals surface area contributed by atoms with Gasteiger partial charge in [-0.1, -0.05) is 38.0 Å². The molecule has 0 aromatic heterocycles. The van der Waals surface area contributed by atoms with E-state index in [1.165, 1.54) is 36.0 Å². The van der Waals surface area contributed by atoms with Crippen LogP contribution in [0.4, 0.5) is 0 Å². The molecule has 13 heavy (non-hydrogen) atoms. The molecule has 0 nitrogen and oxygen atoms in total. The normalized spacial score (nSPS) is 10.4. The molecular weight excluding hydrogens is 156 g/mol. The van der Waals surface area contributed by atoms with E-state index < -0.39 is 0 Å². The maximum absolute atomic E-state index is 2.37. The van der Waals surface area contributed by atoms with E-state index in [9.17, 15) is 0 Å². The summed E-state index contributed by atoms with van der Waals surface area (Å²) in [6.45, 7) is 6.61. The Labute approximate surface area is 82.0 Å². The van der Waals surface area contributed by atoms with E-state index >= 15 is 0 Å². The van der Waals surface area contributed by atoms with Crippen molar-refractivity contribution in [1.29, 1.82) is 0 Å². The molecule has 0 saturated carbocycles. The standard InChI is InChI=1S/C13H19/c1-4-5-6-10-13-11(2)8-7-9-12(13)3/h7-10H,4-6H2,1-3H3. The number of benzene rings is 1. The van der Waals surface area contributed by atoms with Gasteiger partial charge in [0.05, 0.1) is 0 Å². The molecule has 1 rings (SSSR count). The summed E-state index contributed by atoms with van der Waals surface area (Å²) < 4.78 is 0. The maximum atomic E-state index is 2.37. The Bertz CT molecular complexity index is 240. The van der Waals surface area contributed by atoms with E-state index in [2.05, 4.69) is 45.4 Å². The van der Waals surface area contributed by atoms with Crippen LogP contribution in [0.5, 0.6) is 0 Å². The Balaban J connectivity index is 2.64. The molecule has 1 radical (unpaired) electrons. The Morgan fingerprint density at radius 2 is 1.77 bits per heavy atom. The van der Waals surface area contributed by atoms with Crippen LogP contribution in [0, 0.1) is 20.3 Å². The topological polar surface area (TPSA) is 0 Å². The molecular formula is C13H19. The van der Waals surface area contributed by atoms with Gasteiger partial charge in [0, 0.05) is 0 Å². The fourth-order valence-electron chi connectivity index (χ4n) is 1.60. The minimum atomic E-state index is 1.21. The van der Waals surface area contributed by atoms with E-state index in [-0.39, 0.29) is 0 Å². The average molecular weight is 175 g/mol. The van der Waals surface area contributed by atoms with E-state index in [1.54, 1.807) is 0 Å². The predicted octanol–water partition coefficient (Wildman–Crippen LogP) is 4.05. The van der Waals surface area contributed by atoms with Gasteiger partial charge >= 0.3 is 0 Å². The third-order valence-electron chi connectivity index (χ3n) is 2.45. The zero-order valence-corrected chi connectivity index (χ0v) is 8.93. The van der Waals surface area contributed by atoms with Crippen molar-refractivity contribution < 1.29 is 0 Å². The zero-order valence-electron chi connectivity index (χ0n) is 8.93. The van der Waals surface area contributed by atoms with Gasteiger partial charge in [0.15, 0.2) is 0 Å². The minimum Gasteiger partial charge on any atom is -0.0654 e. The molecule has 0 unspecified atom stereocenters. The van der Waals surface area contributed by atoms with Crippen LogP contribution in [0.15, 0.2) is 18.2 Å². The first-order chi connectivity index (χ1) is 6.25. The van der Waals surface area contributed by atoms with Crippen LogP contribution in [-0.4, -0.2) is 0 Å². The fraction of sp³-hybridized carbons (Fsp3) is 0.462. The lowest BCUT2D eigenvalue weighted by molar-refractivity contribution is 0.789. The van der Waals surface area contributed by atoms with Gasteiger partial charge in [-0.15, -0.1) is 0 Å². The smallest absolute Gasteiger partial charge is 0.00876 e. The van der Waals surface area contributed by atoms with Crippen molar-refractivity contribution in [2.45, 2.75) is 40.0 Å². The summed E-state index contributed by atoms with van der Waals surface area (Å²) in [5, 5.41) is 0. The summed E-state index contributed by atoms with van der Waals surface area (Å²) in [6, 6.07) is 6.50. The Morgan fingerprint density at radius 3 is 2.31 bits per heavy atom. The first kappa shape index (κ1) is 10.3. The summed E-state index contributed by atoms with van der Waals surface area (Å²) in [5.41, 5.74) is 4.24. The monoisotopic (exact) mass is 175 g/mol. The quantitative estimate of drug-likeness (QED) is 0.606. The molecule has 0 fully saturated rings. The van der Waals surface area contributed by atoms with Crippen LogP contribution in [0.25, 0.3) is 0 Å². The number of hydrogen-bond acceptors (Lipinski definition) is 0. The highest BCUT2D eigenvalue weighted by Gasteiger charge is 2.00. The summed E-state index contributed by atoms with van der Waals surface area (Å²) in [7, 11) is 0. The highest BCUT2D eigenvalue weighted by Crippen LogP contribution is 2.17. The van der Waals surface area contributed by atoms with Gasteiger partial charge < -0.3 is 0 Å². The summed E-state index contributed by atoms with van der Waals surface area (Å²) >= 11 is 0. The van der Waals surface area contributed by atoms with Crippen molar-refractivity contribution >= 4 is 0 Å². The van der Waals surface area contributed by atoms with Crippen LogP contribution in [0.3, 0.4) is 0 Å². The van der Waals surface area contributed by atoms with Crippen LogP contribution in [-0.2, 0) is 0 Å². The van der Waals surface area contributed by atoms with Crippen LogP contribution >= 0.6 is 0 Å². The average Bonchev–Trinajstić information content (AvgIpc) is 2.10. The van der Waals surface area contributed by atoms with E-state index in [0.29, 0.717) is 0 Å². The third kappa shape index (κ3) is 2.87. The molecule has 0 aliphatic carbocycles. The second-order valence-corrected chi connectivity index (χ2v) is 3.65. The second-order valence-electron chi connectivity index (χ2n) is 3.65. The van der Waals surface area contributed by atoms with Crippen LogP contribution in [0.1, 0.15) is 42.9 Å². The van der Waals surface area contributed by atoms with Crippen LogP contribution in [0.2, 0.25) is 0 Å². The molecule has 0 saturated heterocycles. The van der Waals surface area contributed by atoms with Gasteiger partial charge in [-0.05, 0) is 43.4 Å². The summed E-state index contributed by atoms with van der Waals surface area (Å²) in [6.07, 6.45) is 6.16. The molecule has 1 aromatic carbocycles. The molecule has 0 heteroatoms. The highest BCUT2D eigenvalue weighted by molar-refractivity contribution is 5.38. The summed E-state index contributed by atoms with van der Waals surface area (Å²) in [4.78, 5) is 0. The van der Waals surface area contributed by atoms with Gasteiger partial charge in [-0.3, -0.25) is 0 Å². The van der Waals surface area contributed by atoms with Gasteiger partial charge in [0.1, 0.15) is 0 Å². The molecule has 0 amide bonds. The zero-order chi connectivity index (χ0) is 9.68. The van der Waals surface area contributed by atoms with Gasteiger partial charge in [-0.25, -0.2) is 0 Å². The lowest BCUT2D eigenvalue weighted by atomic mass is 9.98. The largest absolute Gasteiger partial charge is 0.0654 e. The Morgan fingerprint density at radius 1 is 1.15 bits per heavy atom. The van der Waals surface area contributed by atoms with Gasteiger partial charge in [0.25, 0.3) is 0 Å². The number of rotatable bonds is 4. The number of hydrogen-bond donors (Lipinski definition) is 0. The SMILES string of the molecule is CCCC[CH]c1c(C)cccc1C. The lowest BCUT2D eigenvalue weighted by Gasteiger charge is -2.08. The minimum absolute atomic E-state index is 1.21. The molecule has 0 bridgehead atoms. The van der Waals surface area contributed by atoms with Crippen molar-refractivity contribution in [3.63, 3.8) is 0 Å². The van der Waals surface area contributed by atoms with Crippen molar-refractivity contribution in [1.82, 2.24) is 0 Å². The van der Waals surface area contributed by atoms with Gasteiger partial charge in [0.2, 0.25) is 0 Å². The molecule has 0 atom stereocenters. The maximum Gasteiger partial charge on any atom is -0.00876 e. The molecule has 0 spiro atoms. The summed E-state index contributed by atoms with van der Waals surface area (Å²) in [5.74, 6) is 0. The van der Waals surface area contributed by atoms with E-state index in [4.69, 9.17) is 0 Å². The molecule has 0 heterocycles. The number of unbranched alkanes of at least 4 members (excludes halogenated alkanes) is 2. The van der Waals surface area contributed by atoms with Crippen molar-refractivity contribution in [2.24, 2.45) is 0 Å². The first-order valence-electron chi connectivity index (χ1n) is 5.15. The van der Waals surface area contributed by atoms with Gasteiger partial charge in [-0.2, -0.15) is 0 Å². The lowest BCUT2D eigenvalue weighted by Crippen LogP contribution is -1.91. The molecule has 0 aliphatic rings. The van der Waals surface area contributed by atoms with E-state index in [0.717, 1.165) is 0 Å². The van der Waals surface area contributed by atoms with E-state index in [1.807, 2.05) is 0 Å². The fourth-order valence-corrected chi connectivity index (χ4v) is 1.60. The third-order valence-corrected chi connectivity index (χ3v) is 2.45. The predicted molar refractivity (Wildman–Crippen MR) is 58.8 cm³/mol. The molecule has 1 aromatic rings. The molecule has 71 valence electrons. The van der Waals surface area contributed by atoms with Crippen LogP contribution < -0.4 is 0 Å². The second kappa shape index (κ2) is 5.06. The van der Waals surface area contributed by atoms with Crippen molar-refractivity contribution in [3.05, 3.63) is 41.3 Å². The Kier molecular flexibility index (Phi) is 4.01.